The third kappa shape index (κ3) is 3.88. The van der Waals surface area contributed by atoms with Crippen LogP contribution in [0.3, 0.4) is 0 Å². The number of nitrogens with zero attached hydrogens (tertiary/aromatic N) is 2. The Hall–Kier alpha value is -1.72. The van der Waals surface area contributed by atoms with Crippen LogP contribution in [0.5, 0.6) is 0 Å². The molecule has 0 saturated heterocycles. The Morgan fingerprint density at radius 2 is 1.95 bits per heavy atom. The van der Waals surface area contributed by atoms with E-state index in [0.717, 1.165) is 10.0 Å². The SMILES string of the molecule is O=C(c1ccc(Br)cn1)N(CCO)Cc1ccccc1. The molecule has 1 heterocycles. The normalized spacial score (nSPS) is 10.3. The van der Waals surface area contributed by atoms with Crippen molar-refractivity contribution < 1.29 is 9.90 Å². The maximum atomic E-state index is 12.4. The van der Waals surface area contributed by atoms with Gasteiger partial charge in [0.2, 0.25) is 0 Å². The average Bonchev–Trinajstić information content (AvgIpc) is 2.48. The summed E-state index contributed by atoms with van der Waals surface area (Å²) in [5.41, 5.74) is 1.39. The van der Waals surface area contributed by atoms with Crippen molar-refractivity contribution in [2.24, 2.45) is 0 Å². The number of rotatable bonds is 5. The van der Waals surface area contributed by atoms with E-state index in [0.29, 0.717) is 12.2 Å². The molecule has 2 rings (SSSR count). The molecule has 104 valence electrons. The van der Waals surface area contributed by atoms with Gasteiger partial charge in [0.15, 0.2) is 0 Å². The van der Waals surface area contributed by atoms with Gasteiger partial charge in [-0.05, 0) is 33.6 Å². The van der Waals surface area contributed by atoms with Gasteiger partial charge in [0, 0.05) is 23.8 Å². The molecule has 20 heavy (non-hydrogen) atoms. The molecule has 0 fully saturated rings. The number of pyridine rings is 1. The summed E-state index contributed by atoms with van der Waals surface area (Å²) < 4.78 is 0.825. The van der Waals surface area contributed by atoms with Gasteiger partial charge in [-0.1, -0.05) is 30.3 Å². The fraction of sp³-hybridized carbons (Fsp3) is 0.200. The highest BCUT2D eigenvalue weighted by Crippen LogP contribution is 2.11. The third-order valence-electron chi connectivity index (χ3n) is 2.82. The van der Waals surface area contributed by atoms with Gasteiger partial charge >= 0.3 is 0 Å². The molecule has 0 spiro atoms. The van der Waals surface area contributed by atoms with E-state index >= 15 is 0 Å². The smallest absolute Gasteiger partial charge is 0.272 e. The molecule has 0 radical (unpaired) electrons. The van der Waals surface area contributed by atoms with Crippen LogP contribution < -0.4 is 0 Å². The number of aliphatic hydroxyl groups is 1. The number of hydrogen-bond donors (Lipinski definition) is 1. The molecule has 0 aliphatic carbocycles. The van der Waals surface area contributed by atoms with Crippen molar-refractivity contribution >= 4 is 21.8 Å². The number of carbonyl (C=O) groups excluding carboxylic acids is 1. The minimum absolute atomic E-state index is 0.0743. The molecule has 5 heteroatoms. The summed E-state index contributed by atoms with van der Waals surface area (Å²) in [6.07, 6.45) is 1.59. The van der Waals surface area contributed by atoms with Gasteiger partial charge in [0.05, 0.1) is 6.61 Å². The van der Waals surface area contributed by atoms with E-state index in [2.05, 4.69) is 20.9 Å². The van der Waals surface area contributed by atoms with Crippen molar-refractivity contribution in [1.29, 1.82) is 0 Å². The van der Waals surface area contributed by atoms with Crippen molar-refractivity contribution in [2.75, 3.05) is 13.2 Å². The third-order valence-corrected chi connectivity index (χ3v) is 3.29. The van der Waals surface area contributed by atoms with Crippen molar-refractivity contribution in [1.82, 2.24) is 9.88 Å². The van der Waals surface area contributed by atoms with Crippen LogP contribution in [-0.2, 0) is 6.54 Å². The maximum Gasteiger partial charge on any atom is 0.272 e. The van der Waals surface area contributed by atoms with E-state index in [1.165, 1.54) is 0 Å². The lowest BCUT2D eigenvalue weighted by molar-refractivity contribution is 0.0702. The Balaban J connectivity index is 2.15. The molecule has 0 unspecified atom stereocenters. The number of aliphatic hydroxyl groups excluding tert-OH is 1. The first kappa shape index (κ1) is 14.7. The highest BCUT2D eigenvalue weighted by molar-refractivity contribution is 9.10. The molecule has 2 aromatic rings. The first-order valence-electron chi connectivity index (χ1n) is 6.26. The topological polar surface area (TPSA) is 53.4 Å². The predicted molar refractivity (Wildman–Crippen MR) is 80.2 cm³/mol. The largest absolute Gasteiger partial charge is 0.395 e. The standard InChI is InChI=1S/C15H15BrN2O2/c16-13-6-7-14(17-10-13)15(20)18(8-9-19)11-12-4-2-1-3-5-12/h1-7,10,19H,8-9,11H2. The van der Waals surface area contributed by atoms with E-state index in [9.17, 15) is 4.79 Å². The molecular weight excluding hydrogens is 320 g/mol. The van der Waals surface area contributed by atoms with Gasteiger partial charge in [0.25, 0.3) is 5.91 Å². The highest BCUT2D eigenvalue weighted by atomic mass is 79.9. The second kappa shape index (κ2) is 7.17. The second-order valence-corrected chi connectivity index (χ2v) is 5.21. The summed E-state index contributed by atoms with van der Waals surface area (Å²) >= 11 is 3.29. The van der Waals surface area contributed by atoms with Crippen LogP contribution >= 0.6 is 15.9 Å². The molecule has 0 aliphatic heterocycles. The number of hydrogen-bond acceptors (Lipinski definition) is 3. The first-order valence-corrected chi connectivity index (χ1v) is 7.05. The van der Waals surface area contributed by atoms with Gasteiger partial charge in [-0.3, -0.25) is 4.79 Å². The van der Waals surface area contributed by atoms with E-state index in [1.54, 1.807) is 23.2 Å². The van der Waals surface area contributed by atoms with Crippen LogP contribution in [0.15, 0.2) is 53.1 Å². The lowest BCUT2D eigenvalue weighted by Crippen LogP contribution is -2.33. The zero-order valence-corrected chi connectivity index (χ0v) is 12.5. The van der Waals surface area contributed by atoms with Crippen LogP contribution in [-0.4, -0.2) is 34.0 Å². The molecule has 0 aliphatic rings. The highest BCUT2D eigenvalue weighted by Gasteiger charge is 2.16. The summed E-state index contributed by atoms with van der Waals surface area (Å²) in [6.45, 7) is 0.665. The van der Waals surface area contributed by atoms with Crippen LogP contribution in [0.1, 0.15) is 16.1 Å². The van der Waals surface area contributed by atoms with Crippen LogP contribution in [0.4, 0.5) is 0 Å². The minimum atomic E-state index is -0.185. The maximum absolute atomic E-state index is 12.4. The number of halogens is 1. The molecule has 1 aromatic heterocycles. The lowest BCUT2D eigenvalue weighted by atomic mass is 10.2. The van der Waals surface area contributed by atoms with Crippen LogP contribution in [0.25, 0.3) is 0 Å². The minimum Gasteiger partial charge on any atom is -0.395 e. The first-order chi connectivity index (χ1) is 9.70. The van der Waals surface area contributed by atoms with Gasteiger partial charge < -0.3 is 10.0 Å². The number of carbonyl (C=O) groups is 1. The predicted octanol–water partition coefficient (Wildman–Crippen LogP) is 2.48. The summed E-state index contributed by atoms with van der Waals surface area (Å²) in [5, 5.41) is 9.13. The Bertz CT molecular complexity index is 558. The Kier molecular flexibility index (Phi) is 5.26. The fourth-order valence-corrected chi connectivity index (χ4v) is 2.08. The van der Waals surface area contributed by atoms with Gasteiger partial charge in [0.1, 0.15) is 5.69 Å². The van der Waals surface area contributed by atoms with Gasteiger partial charge in [-0.15, -0.1) is 0 Å². The number of aromatic nitrogens is 1. The summed E-state index contributed by atoms with van der Waals surface area (Å²) in [6, 6.07) is 13.1. The molecule has 0 atom stereocenters. The molecule has 1 aromatic carbocycles. The summed E-state index contributed by atoms with van der Waals surface area (Å²) in [7, 11) is 0. The average molecular weight is 335 g/mol. The zero-order chi connectivity index (χ0) is 14.4. The van der Waals surface area contributed by atoms with Crippen molar-refractivity contribution in [3.63, 3.8) is 0 Å². The summed E-state index contributed by atoms with van der Waals surface area (Å²) in [5.74, 6) is -0.185. The van der Waals surface area contributed by atoms with Gasteiger partial charge in [-0.25, -0.2) is 4.98 Å². The van der Waals surface area contributed by atoms with Crippen molar-refractivity contribution in [2.45, 2.75) is 6.54 Å². The quantitative estimate of drug-likeness (QED) is 0.913. The van der Waals surface area contributed by atoms with Crippen LogP contribution in [0, 0.1) is 0 Å². The second-order valence-electron chi connectivity index (χ2n) is 4.30. The monoisotopic (exact) mass is 334 g/mol. The lowest BCUT2D eigenvalue weighted by Gasteiger charge is -2.21. The summed E-state index contributed by atoms with van der Waals surface area (Å²) in [4.78, 5) is 18.1. The fourth-order valence-electron chi connectivity index (χ4n) is 1.84. The molecule has 0 saturated carbocycles. The van der Waals surface area contributed by atoms with Crippen molar-refractivity contribution in [3.8, 4) is 0 Å². The van der Waals surface area contributed by atoms with Gasteiger partial charge in [-0.2, -0.15) is 0 Å². The number of benzene rings is 1. The molecule has 4 nitrogen and oxygen atoms in total. The van der Waals surface area contributed by atoms with E-state index in [1.807, 2.05) is 30.3 Å². The molecule has 1 amide bonds. The molecular formula is C15H15BrN2O2. The Labute approximate surface area is 126 Å². The number of amides is 1. The molecule has 0 bridgehead atoms. The Morgan fingerprint density at radius 3 is 2.55 bits per heavy atom. The zero-order valence-electron chi connectivity index (χ0n) is 10.9. The van der Waals surface area contributed by atoms with E-state index < -0.39 is 0 Å². The van der Waals surface area contributed by atoms with Crippen LogP contribution in [0.2, 0.25) is 0 Å². The van der Waals surface area contributed by atoms with E-state index in [-0.39, 0.29) is 19.1 Å². The molecule has 1 N–H and O–H groups in total. The van der Waals surface area contributed by atoms with E-state index in [4.69, 9.17) is 5.11 Å². The Morgan fingerprint density at radius 1 is 1.20 bits per heavy atom. The van der Waals surface area contributed by atoms with Crippen molar-refractivity contribution in [3.05, 3.63) is 64.4 Å².